The van der Waals surface area contributed by atoms with Gasteiger partial charge in [0, 0.05) is 19.3 Å². The van der Waals surface area contributed by atoms with Crippen molar-refractivity contribution in [2.75, 3.05) is 5.32 Å². The normalized spacial score (nSPS) is 10.1. The Hall–Kier alpha value is -1.91. The van der Waals surface area contributed by atoms with Crippen molar-refractivity contribution in [2.24, 2.45) is 7.05 Å². The average molecular weight is 192 g/mol. The summed E-state index contributed by atoms with van der Waals surface area (Å²) >= 11 is 0. The molecule has 0 amide bonds. The van der Waals surface area contributed by atoms with E-state index in [1.165, 1.54) is 6.07 Å². The molecule has 0 radical (unpaired) electrons. The summed E-state index contributed by atoms with van der Waals surface area (Å²) in [6.07, 6.45) is 1.79. The zero-order valence-corrected chi connectivity index (χ0v) is 7.61. The van der Waals surface area contributed by atoms with Crippen LogP contribution in [0.3, 0.4) is 0 Å². The molecule has 0 bridgehead atoms. The lowest BCUT2D eigenvalue weighted by atomic mass is 10.4. The third-order valence-corrected chi connectivity index (χ3v) is 1.68. The molecule has 0 saturated heterocycles. The van der Waals surface area contributed by atoms with Crippen LogP contribution in [0.2, 0.25) is 0 Å². The van der Waals surface area contributed by atoms with E-state index in [9.17, 15) is 4.39 Å². The predicted molar refractivity (Wildman–Crippen MR) is 50.7 cm³/mol. The van der Waals surface area contributed by atoms with Gasteiger partial charge in [0.25, 0.3) is 0 Å². The molecule has 0 unspecified atom stereocenters. The molecule has 14 heavy (non-hydrogen) atoms. The van der Waals surface area contributed by atoms with Gasteiger partial charge in [-0.15, -0.1) is 0 Å². The molecular weight excluding hydrogens is 183 g/mol. The standard InChI is InChI=1S/C9H9FN4/c1-14-6-5-9(13-14)12-8-4-2-3-7(10)11-8/h2-6H,1H3,(H,11,12,13). The van der Waals surface area contributed by atoms with Crippen molar-refractivity contribution in [3.05, 3.63) is 36.4 Å². The summed E-state index contributed by atoms with van der Waals surface area (Å²) in [5.41, 5.74) is 0. The van der Waals surface area contributed by atoms with Crippen LogP contribution in [0.1, 0.15) is 0 Å². The molecule has 4 nitrogen and oxygen atoms in total. The van der Waals surface area contributed by atoms with E-state index in [0.717, 1.165) is 0 Å². The van der Waals surface area contributed by atoms with Crippen LogP contribution in [0.15, 0.2) is 30.5 Å². The highest BCUT2D eigenvalue weighted by Gasteiger charge is 1.99. The molecule has 0 aliphatic heterocycles. The number of hydrogen-bond donors (Lipinski definition) is 1. The van der Waals surface area contributed by atoms with Crippen LogP contribution in [-0.2, 0) is 7.05 Å². The molecule has 0 atom stereocenters. The summed E-state index contributed by atoms with van der Waals surface area (Å²) in [7, 11) is 1.81. The molecule has 0 fully saturated rings. The minimum atomic E-state index is -0.508. The SMILES string of the molecule is Cn1ccc(Nc2cccc(F)n2)n1. The molecule has 0 aliphatic carbocycles. The van der Waals surface area contributed by atoms with Crippen molar-refractivity contribution in [1.82, 2.24) is 14.8 Å². The fourth-order valence-electron chi connectivity index (χ4n) is 1.09. The smallest absolute Gasteiger partial charge is 0.214 e. The maximum absolute atomic E-state index is 12.7. The quantitative estimate of drug-likeness (QED) is 0.736. The van der Waals surface area contributed by atoms with Crippen LogP contribution in [0.25, 0.3) is 0 Å². The predicted octanol–water partition coefficient (Wildman–Crippen LogP) is 1.70. The van der Waals surface area contributed by atoms with Crippen molar-refractivity contribution < 1.29 is 4.39 Å². The van der Waals surface area contributed by atoms with Gasteiger partial charge in [0.15, 0.2) is 5.82 Å². The van der Waals surface area contributed by atoms with Gasteiger partial charge in [0.1, 0.15) is 5.82 Å². The highest BCUT2D eigenvalue weighted by Crippen LogP contribution is 2.11. The summed E-state index contributed by atoms with van der Waals surface area (Å²) in [6, 6.07) is 6.35. The van der Waals surface area contributed by atoms with Crippen LogP contribution < -0.4 is 5.32 Å². The van der Waals surface area contributed by atoms with Crippen molar-refractivity contribution in [1.29, 1.82) is 0 Å². The van der Waals surface area contributed by atoms with E-state index in [2.05, 4.69) is 15.4 Å². The highest BCUT2D eigenvalue weighted by atomic mass is 19.1. The Balaban J connectivity index is 2.18. The fraction of sp³-hybridized carbons (Fsp3) is 0.111. The van der Waals surface area contributed by atoms with Crippen molar-refractivity contribution in [2.45, 2.75) is 0 Å². The highest BCUT2D eigenvalue weighted by molar-refractivity contribution is 5.50. The van der Waals surface area contributed by atoms with Gasteiger partial charge in [-0.05, 0) is 12.1 Å². The van der Waals surface area contributed by atoms with Crippen LogP contribution in [0.4, 0.5) is 16.0 Å². The number of aryl methyl sites for hydroxylation is 1. The summed E-state index contributed by atoms with van der Waals surface area (Å²) in [6.45, 7) is 0. The van der Waals surface area contributed by atoms with Crippen LogP contribution in [0, 0.1) is 5.95 Å². The Morgan fingerprint density at radius 1 is 1.29 bits per heavy atom. The maximum Gasteiger partial charge on any atom is 0.214 e. The number of rotatable bonds is 2. The Labute approximate surface area is 80.4 Å². The van der Waals surface area contributed by atoms with Gasteiger partial charge in [-0.3, -0.25) is 4.68 Å². The molecule has 0 saturated carbocycles. The Kier molecular flexibility index (Phi) is 2.14. The second-order valence-electron chi connectivity index (χ2n) is 2.85. The van der Waals surface area contributed by atoms with Crippen LogP contribution in [-0.4, -0.2) is 14.8 Å². The van der Waals surface area contributed by atoms with E-state index in [4.69, 9.17) is 0 Å². The molecule has 2 rings (SSSR count). The van der Waals surface area contributed by atoms with Crippen LogP contribution in [0.5, 0.6) is 0 Å². The topological polar surface area (TPSA) is 42.7 Å². The lowest BCUT2D eigenvalue weighted by molar-refractivity contribution is 0.585. The van der Waals surface area contributed by atoms with Crippen molar-refractivity contribution >= 4 is 11.6 Å². The Bertz CT molecular complexity index is 438. The molecule has 0 spiro atoms. The molecule has 5 heteroatoms. The first kappa shape index (κ1) is 8.68. The molecule has 1 N–H and O–H groups in total. The zero-order chi connectivity index (χ0) is 9.97. The maximum atomic E-state index is 12.7. The minimum absolute atomic E-state index is 0.448. The van der Waals surface area contributed by atoms with E-state index in [1.54, 1.807) is 29.1 Å². The van der Waals surface area contributed by atoms with Gasteiger partial charge in [0.2, 0.25) is 5.95 Å². The van der Waals surface area contributed by atoms with E-state index in [-0.39, 0.29) is 0 Å². The first-order valence-corrected chi connectivity index (χ1v) is 4.13. The first-order valence-electron chi connectivity index (χ1n) is 4.13. The molecule has 72 valence electrons. The molecular formula is C9H9FN4. The number of nitrogens with one attached hydrogen (secondary N) is 1. The monoisotopic (exact) mass is 192 g/mol. The molecule has 0 aliphatic rings. The van der Waals surface area contributed by atoms with E-state index in [0.29, 0.717) is 11.6 Å². The lowest BCUT2D eigenvalue weighted by Gasteiger charge is -2.00. The zero-order valence-electron chi connectivity index (χ0n) is 7.61. The van der Waals surface area contributed by atoms with Gasteiger partial charge in [-0.2, -0.15) is 9.49 Å². The number of pyridine rings is 1. The second-order valence-corrected chi connectivity index (χ2v) is 2.85. The second kappa shape index (κ2) is 3.45. The van der Waals surface area contributed by atoms with Crippen molar-refractivity contribution in [3.8, 4) is 0 Å². The summed E-state index contributed by atoms with van der Waals surface area (Å²) in [5.74, 6) is 0.584. The average Bonchev–Trinajstić information content (AvgIpc) is 2.51. The van der Waals surface area contributed by atoms with Gasteiger partial charge in [-0.1, -0.05) is 6.07 Å². The Morgan fingerprint density at radius 2 is 2.14 bits per heavy atom. The molecule has 2 heterocycles. The largest absolute Gasteiger partial charge is 0.323 e. The van der Waals surface area contributed by atoms with Gasteiger partial charge in [0.05, 0.1) is 0 Å². The third kappa shape index (κ3) is 1.87. The summed E-state index contributed by atoms with van der Waals surface area (Å²) in [5, 5.41) is 6.96. The first-order chi connectivity index (χ1) is 6.74. The van der Waals surface area contributed by atoms with E-state index < -0.39 is 5.95 Å². The summed E-state index contributed by atoms with van der Waals surface area (Å²) in [4.78, 5) is 3.65. The Morgan fingerprint density at radius 3 is 2.79 bits per heavy atom. The van der Waals surface area contributed by atoms with Gasteiger partial charge in [-0.25, -0.2) is 4.98 Å². The molecule has 2 aromatic rings. The number of anilines is 2. The number of halogens is 1. The van der Waals surface area contributed by atoms with E-state index in [1.807, 2.05) is 7.05 Å². The lowest BCUT2D eigenvalue weighted by Crippen LogP contribution is -1.96. The van der Waals surface area contributed by atoms with Crippen LogP contribution >= 0.6 is 0 Å². The van der Waals surface area contributed by atoms with Crippen molar-refractivity contribution in [3.63, 3.8) is 0 Å². The molecule has 2 aromatic heterocycles. The van der Waals surface area contributed by atoms with E-state index >= 15 is 0 Å². The molecule has 0 aromatic carbocycles. The number of aromatic nitrogens is 3. The fourth-order valence-corrected chi connectivity index (χ4v) is 1.09. The van der Waals surface area contributed by atoms with Gasteiger partial charge >= 0.3 is 0 Å². The number of nitrogens with zero attached hydrogens (tertiary/aromatic N) is 3. The number of hydrogen-bond acceptors (Lipinski definition) is 3. The van der Waals surface area contributed by atoms with Gasteiger partial charge < -0.3 is 5.32 Å². The third-order valence-electron chi connectivity index (χ3n) is 1.68. The summed E-state index contributed by atoms with van der Waals surface area (Å²) < 4.78 is 14.4. The minimum Gasteiger partial charge on any atom is -0.323 e.